The summed E-state index contributed by atoms with van der Waals surface area (Å²) in [6.07, 6.45) is 1.76. The van der Waals surface area contributed by atoms with Crippen molar-refractivity contribution in [3.05, 3.63) is 23.3 Å². The predicted octanol–water partition coefficient (Wildman–Crippen LogP) is 0.447. The van der Waals surface area contributed by atoms with Crippen LogP contribution in [-0.4, -0.2) is 39.3 Å². The molecule has 21 heavy (non-hydrogen) atoms. The number of phenolic OH excluding ortho intramolecular Hbond substituents is 2. The fourth-order valence-corrected chi connectivity index (χ4v) is 5.78. The summed E-state index contributed by atoms with van der Waals surface area (Å²) in [5.41, 5.74) is -0.317. The lowest BCUT2D eigenvalue weighted by molar-refractivity contribution is -0.136. The van der Waals surface area contributed by atoms with Gasteiger partial charge >= 0.3 is 0 Å². The summed E-state index contributed by atoms with van der Waals surface area (Å²) in [5.74, 6) is -0.189. The summed E-state index contributed by atoms with van der Waals surface area (Å²) in [6.45, 7) is 0.757. The van der Waals surface area contributed by atoms with Gasteiger partial charge in [-0.05, 0) is 24.5 Å². The highest BCUT2D eigenvalue weighted by molar-refractivity contribution is 5.84. The Morgan fingerprint density at radius 2 is 2.10 bits per heavy atom. The van der Waals surface area contributed by atoms with Gasteiger partial charge in [0.25, 0.3) is 0 Å². The van der Waals surface area contributed by atoms with E-state index in [4.69, 9.17) is 0 Å². The van der Waals surface area contributed by atoms with Crippen molar-refractivity contribution in [2.75, 3.05) is 6.54 Å². The minimum Gasteiger partial charge on any atom is -0.504 e. The normalized spacial score (nSPS) is 45.8. The molecule has 3 fully saturated rings. The first-order chi connectivity index (χ1) is 9.95. The Bertz CT molecular complexity index is 716. The third-order valence-electron chi connectivity index (χ3n) is 6.55. The molecule has 4 unspecified atom stereocenters. The zero-order valence-electron chi connectivity index (χ0n) is 11.5. The number of fused-ring (bicyclic) bond motifs is 2. The molecule has 4 N–H and O–H groups in total. The van der Waals surface area contributed by atoms with E-state index in [-0.39, 0.29) is 35.2 Å². The number of rotatable bonds is 0. The molecule has 1 aromatic rings. The van der Waals surface area contributed by atoms with Crippen molar-refractivity contribution in [1.29, 1.82) is 0 Å². The van der Waals surface area contributed by atoms with Crippen molar-refractivity contribution in [1.82, 2.24) is 5.32 Å². The number of aromatic hydroxyl groups is 2. The zero-order chi connectivity index (χ0) is 14.6. The molecular formula is C16H17NO4. The van der Waals surface area contributed by atoms with Gasteiger partial charge in [-0.1, -0.05) is 6.07 Å². The Kier molecular flexibility index (Phi) is 1.77. The van der Waals surface area contributed by atoms with Crippen LogP contribution in [0.2, 0.25) is 0 Å². The fourth-order valence-electron chi connectivity index (χ4n) is 5.78. The standard InChI is InChI=1S/C16H17NO4/c18-8-3-4-16(21)13-14(7-17-13)6-15(16,5-8)11-9(14)1-2-10(19)12(11)20/h1-2,13,17,19-21H,3-7H2. The smallest absolute Gasteiger partial charge is 0.161 e. The number of Topliss-reactive ketones (excluding diaryl/α,β-unsaturated/α-hetero) is 1. The second-order valence-electron chi connectivity index (χ2n) is 7.22. The topological polar surface area (TPSA) is 89.8 Å². The number of hydrogen-bond donors (Lipinski definition) is 4. The van der Waals surface area contributed by atoms with Gasteiger partial charge < -0.3 is 20.6 Å². The highest BCUT2D eigenvalue weighted by atomic mass is 16.3. The van der Waals surface area contributed by atoms with Crippen molar-refractivity contribution < 1.29 is 20.1 Å². The van der Waals surface area contributed by atoms with Crippen molar-refractivity contribution in [2.45, 2.75) is 48.2 Å². The molecule has 1 heterocycles. The molecule has 4 aliphatic rings. The molecule has 1 saturated heterocycles. The molecule has 1 aliphatic heterocycles. The van der Waals surface area contributed by atoms with Crippen molar-refractivity contribution >= 4 is 5.78 Å². The lowest BCUT2D eigenvalue weighted by Crippen LogP contribution is -2.73. The van der Waals surface area contributed by atoms with Gasteiger partial charge in [0.15, 0.2) is 11.5 Å². The third kappa shape index (κ3) is 0.972. The van der Waals surface area contributed by atoms with E-state index in [2.05, 4.69) is 5.32 Å². The molecule has 1 aromatic carbocycles. The van der Waals surface area contributed by atoms with Crippen molar-refractivity contribution in [2.24, 2.45) is 0 Å². The SMILES string of the molecule is O=C1CCC2(O)C3NCC34CC2(C1)c1c4ccc(O)c1O. The molecule has 0 amide bonds. The van der Waals surface area contributed by atoms with E-state index in [0.717, 1.165) is 12.1 Å². The van der Waals surface area contributed by atoms with Crippen molar-refractivity contribution in [3.63, 3.8) is 0 Å². The molecule has 0 radical (unpaired) electrons. The molecule has 3 aliphatic carbocycles. The number of benzene rings is 1. The van der Waals surface area contributed by atoms with Crippen LogP contribution in [-0.2, 0) is 15.6 Å². The summed E-state index contributed by atoms with van der Waals surface area (Å²) in [7, 11) is 0. The van der Waals surface area contributed by atoms with Crippen molar-refractivity contribution in [3.8, 4) is 11.5 Å². The molecular weight excluding hydrogens is 270 g/mol. The molecule has 5 nitrogen and oxygen atoms in total. The highest BCUT2D eigenvalue weighted by Gasteiger charge is 2.79. The second kappa shape index (κ2) is 3.10. The zero-order valence-corrected chi connectivity index (χ0v) is 11.5. The number of carbonyl (C=O) groups excluding carboxylic acids is 1. The summed E-state index contributed by atoms with van der Waals surface area (Å²) in [5, 5.41) is 35.0. The Labute approximate surface area is 121 Å². The van der Waals surface area contributed by atoms with Crippen LogP contribution in [0.1, 0.15) is 36.8 Å². The van der Waals surface area contributed by atoms with E-state index in [9.17, 15) is 20.1 Å². The van der Waals surface area contributed by atoms with E-state index in [1.165, 1.54) is 6.07 Å². The number of hydrogen-bond acceptors (Lipinski definition) is 5. The van der Waals surface area contributed by atoms with Crippen LogP contribution in [0.4, 0.5) is 0 Å². The number of ketones is 1. The van der Waals surface area contributed by atoms with Crippen LogP contribution in [0.25, 0.3) is 0 Å². The molecule has 2 bridgehead atoms. The molecule has 4 atom stereocenters. The van der Waals surface area contributed by atoms with Crippen LogP contribution in [0.15, 0.2) is 12.1 Å². The largest absolute Gasteiger partial charge is 0.504 e. The summed E-state index contributed by atoms with van der Waals surface area (Å²) < 4.78 is 0. The minimum atomic E-state index is -1.00. The molecule has 2 spiro atoms. The van der Waals surface area contributed by atoms with Gasteiger partial charge in [-0.2, -0.15) is 0 Å². The number of carbonyl (C=O) groups is 1. The first-order valence-corrected chi connectivity index (χ1v) is 7.48. The first-order valence-electron chi connectivity index (χ1n) is 7.48. The molecule has 2 saturated carbocycles. The third-order valence-corrected chi connectivity index (χ3v) is 6.55. The number of phenols is 2. The Balaban J connectivity index is 1.87. The van der Waals surface area contributed by atoms with Gasteiger partial charge in [-0.15, -0.1) is 0 Å². The van der Waals surface area contributed by atoms with Crippen LogP contribution in [0.5, 0.6) is 11.5 Å². The average molecular weight is 287 g/mol. The lowest BCUT2D eigenvalue weighted by atomic mass is 9.56. The maximum absolute atomic E-state index is 12.1. The average Bonchev–Trinajstić information content (AvgIpc) is 2.79. The highest BCUT2D eigenvalue weighted by Crippen LogP contribution is 2.72. The van der Waals surface area contributed by atoms with E-state index in [0.29, 0.717) is 24.8 Å². The van der Waals surface area contributed by atoms with Crippen LogP contribution in [0, 0.1) is 0 Å². The van der Waals surface area contributed by atoms with Gasteiger partial charge in [-0.25, -0.2) is 0 Å². The fraction of sp³-hybridized carbons (Fsp3) is 0.562. The summed E-state index contributed by atoms with van der Waals surface area (Å²) in [4.78, 5) is 12.1. The predicted molar refractivity (Wildman–Crippen MR) is 73.3 cm³/mol. The quantitative estimate of drug-likeness (QED) is 0.520. The molecule has 110 valence electrons. The Morgan fingerprint density at radius 3 is 2.81 bits per heavy atom. The van der Waals surface area contributed by atoms with Crippen LogP contribution >= 0.6 is 0 Å². The first kappa shape index (κ1) is 12.0. The number of aliphatic hydroxyl groups is 1. The van der Waals surface area contributed by atoms with Gasteiger partial charge in [0.1, 0.15) is 5.78 Å². The lowest BCUT2D eigenvalue weighted by Gasteiger charge is -2.57. The minimum absolute atomic E-state index is 0.0467. The molecule has 0 aromatic heterocycles. The number of nitrogens with one attached hydrogen (secondary N) is 1. The van der Waals surface area contributed by atoms with Gasteiger partial charge in [0.2, 0.25) is 0 Å². The van der Waals surface area contributed by atoms with Gasteiger partial charge in [0.05, 0.1) is 5.60 Å². The second-order valence-corrected chi connectivity index (χ2v) is 7.22. The monoisotopic (exact) mass is 287 g/mol. The van der Waals surface area contributed by atoms with Gasteiger partial charge in [-0.3, -0.25) is 4.79 Å². The van der Waals surface area contributed by atoms with Gasteiger partial charge in [0, 0.05) is 41.8 Å². The Hall–Kier alpha value is -1.59. The summed E-state index contributed by atoms with van der Waals surface area (Å²) >= 11 is 0. The maximum atomic E-state index is 12.1. The maximum Gasteiger partial charge on any atom is 0.161 e. The van der Waals surface area contributed by atoms with Crippen LogP contribution in [0.3, 0.4) is 0 Å². The van der Waals surface area contributed by atoms with Crippen LogP contribution < -0.4 is 5.32 Å². The Morgan fingerprint density at radius 1 is 1.29 bits per heavy atom. The van der Waals surface area contributed by atoms with E-state index < -0.39 is 11.0 Å². The molecule has 5 rings (SSSR count). The van der Waals surface area contributed by atoms with E-state index >= 15 is 0 Å². The van der Waals surface area contributed by atoms with E-state index in [1.807, 2.05) is 6.07 Å². The van der Waals surface area contributed by atoms with E-state index in [1.54, 1.807) is 0 Å². The summed E-state index contributed by atoms with van der Waals surface area (Å²) in [6, 6.07) is 3.32. The molecule has 5 heteroatoms.